The molecule has 0 aliphatic heterocycles. The first-order chi connectivity index (χ1) is 18.7. The molecule has 5 N–H and O–H groups in total. The fourth-order valence-corrected chi connectivity index (χ4v) is 4.12. The van der Waals surface area contributed by atoms with Gasteiger partial charge in [0.2, 0.25) is 10.0 Å². The van der Waals surface area contributed by atoms with Crippen molar-refractivity contribution in [2.45, 2.75) is 31.2 Å². The zero-order chi connectivity index (χ0) is 29.9. The summed E-state index contributed by atoms with van der Waals surface area (Å²) < 4.78 is 57.0. The number of aromatic hydroxyl groups is 1. The fourth-order valence-electron chi connectivity index (χ4n) is 3.56. The number of carbonyl (C=O) groups is 1. The molecule has 0 saturated carbocycles. The summed E-state index contributed by atoms with van der Waals surface area (Å²) in [5.41, 5.74) is 3.50. The van der Waals surface area contributed by atoms with Gasteiger partial charge in [0.25, 0.3) is 0 Å². The molecule has 3 aromatic carbocycles. The number of hydrogen-bond donors (Lipinski definition) is 5. The van der Waals surface area contributed by atoms with Crippen LogP contribution in [0.5, 0.6) is 5.75 Å². The van der Waals surface area contributed by atoms with Crippen molar-refractivity contribution in [3.8, 4) is 11.8 Å². The molecule has 2 atom stereocenters. The quantitative estimate of drug-likeness (QED) is 0.227. The maximum absolute atomic E-state index is 11.5. The number of aliphatic carboxylic acids is 1. The van der Waals surface area contributed by atoms with E-state index in [4.69, 9.17) is 15.2 Å². The first-order valence-corrected chi connectivity index (χ1v) is 13.6. The van der Waals surface area contributed by atoms with Crippen LogP contribution in [-0.4, -0.2) is 54.8 Å². The fraction of sp³-hybridized carbons (Fsp3) is 0.259. The number of aliphatic hydroxyl groups is 1. The van der Waals surface area contributed by atoms with Crippen molar-refractivity contribution in [2.75, 3.05) is 17.5 Å². The van der Waals surface area contributed by atoms with Crippen molar-refractivity contribution >= 4 is 21.7 Å². The third kappa shape index (κ3) is 11.3. The van der Waals surface area contributed by atoms with Gasteiger partial charge in [-0.15, -0.1) is 0 Å². The van der Waals surface area contributed by atoms with Gasteiger partial charge >= 0.3 is 12.1 Å². The minimum atomic E-state index is -5.08. The van der Waals surface area contributed by atoms with Crippen LogP contribution in [0.3, 0.4) is 0 Å². The maximum atomic E-state index is 11.5. The minimum absolute atomic E-state index is 0.0722. The topological polar surface area (TPSA) is 160 Å². The molecular weight excluding hydrogens is 551 g/mol. The normalized spacial score (nSPS) is 12.8. The van der Waals surface area contributed by atoms with Crippen LogP contribution in [-0.2, 0) is 27.7 Å². The van der Waals surface area contributed by atoms with Gasteiger partial charge in [-0.2, -0.15) is 18.4 Å². The van der Waals surface area contributed by atoms with E-state index in [1.807, 2.05) is 42.5 Å². The molecular formula is C27H28F3N3O6S. The summed E-state index contributed by atoms with van der Waals surface area (Å²) in [4.78, 5) is 8.90. The van der Waals surface area contributed by atoms with Crippen molar-refractivity contribution in [1.29, 1.82) is 5.26 Å². The molecule has 13 heteroatoms. The summed E-state index contributed by atoms with van der Waals surface area (Å²) >= 11 is 0. The smallest absolute Gasteiger partial charge is 0.490 e. The number of alkyl halides is 3. The number of halogens is 3. The molecule has 0 aromatic heterocycles. The average Bonchev–Trinajstić information content (AvgIpc) is 2.88. The summed E-state index contributed by atoms with van der Waals surface area (Å²) in [6, 6.07) is 24.0. The van der Waals surface area contributed by atoms with E-state index in [0.717, 1.165) is 17.4 Å². The van der Waals surface area contributed by atoms with Crippen LogP contribution in [0.15, 0.2) is 72.8 Å². The Labute approximate surface area is 229 Å². The van der Waals surface area contributed by atoms with Gasteiger partial charge in [0.15, 0.2) is 0 Å². The molecule has 0 saturated heterocycles. The summed E-state index contributed by atoms with van der Waals surface area (Å²) in [5.74, 6) is -2.94. The standard InChI is InChI=1S/C25H27N3O4S.C2HF3O2/c1-33(31,32)28-24-15-20(9-12-25(24)30)13-22(29)17-27-23(14-18-5-3-2-4-6-18)21-10-7-19(16-26)8-11-21;3-2(4,5)1(6)7/h2-12,15,22-23,27-30H,13-14,17H2,1H3;(H,6,7)/t22-,23?;/m0./s1. The predicted octanol–water partition coefficient (Wildman–Crippen LogP) is 3.75. The highest BCUT2D eigenvalue weighted by molar-refractivity contribution is 7.92. The number of phenols is 1. The van der Waals surface area contributed by atoms with Gasteiger partial charge in [0.05, 0.1) is 29.7 Å². The maximum Gasteiger partial charge on any atom is 0.490 e. The molecule has 0 radical (unpaired) electrons. The van der Waals surface area contributed by atoms with E-state index >= 15 is 0 Å². The molecule has 3 aromatic rings. The number of anilines is 1. The lowest BCUT2D eigenvalue weighted by Crippen LogP contribution is -2.32. The van der Waals surface area contributed by atoms with Gasteiger partial charge < -0.3 is 20.6 Å². The molecule has 0 fully saturated rings. The van der Waals surface area contributed by atoms with Gasteiger partial charge in [0, 0.05) is 12.6 Å². The van der Waals surface area contributed by atoms with E-state index < -0.39 is 28.3 Å². The molecule has 1 unspecified atom stereocenters. The van der Waals surface area contributed by atoms with E-state index in [1.165, 1.54) is 12.1 Å². The minimum Gasteiger partial charge on any atom is -0.506 e. The third-order valence-corrected chi connectivity index (χ3v) is 5.99. The second-order valence-corrected chi connectivity index (χ2v) is 10.5. The molecule has 40 heavy (non-hydrogen) atoms. The second kappa shape index (κ2) is 14.3. The number of carboxylic acid groups (broad SMARTS) is 1. The van der Waals surface area contributed by atoms with Gasteiger partial charge in [0.1, 0.15) is 5.75 Å². The van der Waals surface area contributed by atoms with Gasteiger partial charge in [-0.1, -0.05) is 48.5 Å². The Bertz CT molecular complexity index is 1410. The van der Waals surface area contributed by atoms with E-state index in [1.54, 1.807) is 18.2 Å². The van der Waals surface area contributed by atoms with Crippen LogP contribution < -0.4 is 10.0 Å². The molecule has 0 aliphatic rings. The van der Waals surface area contributed by atoms with E-state index in [9.17, 15) is 31.8 Å². The lowest BCUT2D eigenvalue weighted by atomic mass is 9.97. The number of nitriles is 1. The second-order valence-electron chi connectivity index (χ2n) is 8.77. The Balaban J connectivity index is 0.000000708. The summed E-state index contributed by atoms with van der Waals surface area (Å²) in [6.45, 7) is 0.299. The number of hydrogen-bond acceptors (Lipinski definition) is 7. The molecule has 214 valence electrons. The van der Waals surface area contributed by atoms with Gasteiger partial charge in [-0.3, -0.25) is 4.72 Å². The lowest BCUT2D eigenvalue weighted by Gasteiger charge is -2.22. The van der Waals surface area contributed by atoms with Crippen LogP contribution in [0.1, 0.15) is 28.3 Å². The summed E-state index contributed by atoms with van der Waals surface area (Å²) in [5, 5.41) is 40.1. The molecule has 0 aliphatic carbocycles. The Hall–Kier alpha value is -4.12. The van der Waals surface area contributed by atoms with E-state index in [-0.39, 0.29) is 23.9 Å². The monoisotopic (exact) mass is 579 g/mol. The number of nitrogens with one attached hydrogen (secondary N) is 2. The van der Waals surface area contributed by atoms with Gasteiger partial charge in [-0.25, -0.2) is 13.2 Å². The van der Waals surface area contributed by atoms with E-state index in [2.05, 4.69) is 16.1 Å². The van der Waals surface area contributed by atoms with Crippen molar-refractivity contribution in [1.82, 2.24) is 5.32 Å². The number of carboxylic acids is 1. The first kappa shape index (κ1) is 32.1. The number of nitrogens with zero attached hydrogens (tertiary/aromatic N) is 1. The zero-order valence-electron chi connectivity index (χ0n) is 21.3. The Morgan fingerprint density at radius 2 is 1.60 bits per heavy atom. The lowest BCUT2D eigenvalue weighted by molar-refractivity contribution is -0.192. The number of rotatable bonds is 10. The zero-order valence-corrected chi connectivity index (χ0v) is 22.1. The van der Waals surface area contributed by atoms with Crippen LogP contribution in [0, 0.1) is 11.3 Å². The highest BCUT2D eigenvalue weighted by atomic mass is 32.2. The van der Waals surface area contributed by atoms with Crippen LogP contribution >= 0.6 is 0 Å². The molecule has 0 heterocycles. The third-order valence-electron chi connectivity index (χ3n) is 5.39. The average molecular weight is 580 g/mol. The number of benzene rings is 3. The first-order valence-electron chi connectivity index (χ1n) is 11.7. The van der Waals surface area contributed by atoms with Crippen LogP contribution in [0.2, 0.25) is 0 Å². The molecule has 0 bridgehead atoms. The van der Waals surface area contributed by atoms with Crippen molar-refractivity contribution in [3.05, 3.63) is 95.1 Å². The van der Waals surface area contributed by atoms with Crippen molar-refractivity contribution in [2.24, 2.45) is 0 Å². The summed E-state index contributed by atoms with van der Waals surface area (Å²) in [7, 11) is -3.54. The highest BCUT2D eigenvalue weighted by Crippen LogP contribution is 2.26. The van der Waals surface area contributed by atoms with Crippen molar-refractivity contribution < 1.29 is 41.7 Å². The Kier molecular flexibility index (Phi) is 11.5. The van der Waals surface area contributed by atoms with Crippen LogP contribution in [0.4, 0.5) is 18.9 Å². The highest BCUT2D eigenvalue weighted by Gasteiger charge is 2.38. The number of sulfonamides is 1. The predicted molar refractivity (Wildman–Crippen MR) is 142 cm³/mol. The molecule has 9 nitrogen and oxygen atoms in total. The molecule has 0 amide bonds. The molecule has 3 rings (SSSR count). The van der Waals surface area contributed by atoms with Crippen LogP contribution in [0.25, 0.3) is 0 Å². The van der Waals surface area contributed by atoms with Gasteiger partial charge in [-0.05, 0) is 53.8 Å². The van der Waals surface area contributed by atoms with E-state index in [0.29, 0.717) is 24.1 Å². The SMILES string of the molecule is CS(=O)(=O)Nc1cc(C[C@H](O)CNC(Cc2ccccc2)c2ccc(C#N)cc2)ccc1O.O=C(O)C(F)(F)F. The Morgan fingerprint density at radius 3 is 2.12 bits per heavy atom. The molecule has 0 spiro atoms. The number of aliphatic hydroxyl groups excluding tert-OH is 1. The summed E-state index contributed by atoms with van der Waals surface area (Å²) in [6.07, 6.45) is -3.83. The largest absolute Gasteiger partial charge is 0.506 e. The van der Waals surface area contributed by atoms with Crippen molar-refractivity contribution in [3.63, 3.8) is 0 Å². The number of phenolic OH excluding ortho intramolecular Hbond substituents is 1. The Morgan fingerprint density at radius 1 is 1.00 bits per heavy atom.